The van der Waals surface area contributed by atoms with E-state index in [1.807, 2.05) is 6.07 Å². The van der Waals surface area contributed by atoms with Crippen LogP contribution in [0.1, 0.15) is 16.7 Å². The summed E-state index contributed by atoms with van der Waals surface area (Å²) in [6, 6.07) is 13.1. The molecule has 106 valence electrons. The zero-order chi connectivity index (χ0) is 15.2. The van der Waals surface area contributed by atoms with Gasteiger partial charge in [-0.05, 0) is 17.7 Å². The second kappa shape index (κ2) is 6.59. The summed E-state index contributed by atoms with van der Waals surface area (Å²) >= 11 is 0. The second-order valence-corrected chi connectivity index (χ2v) is 4.42. The molecule has 0 atom stereocenters. The van der Waals surface area contributed by atoms with E-state index in [0.717, 1.165) is 11.6 Å². The molecule has 1 N–H and O–H groups in total. The zero-order valence-corrected chi connectivity index (χ0v) is 11.0. The molecule has 0 unspecified atom stereocenters. The molecule has 0 saturated heterocycles. The number of nitriles is 1. The van der Waals surface area contributed by atoms with Crippen LogP contribution < -0.4 is 5.32 Å². The van der Waals surface area contributed by atoms with E-state index in [1.165, 1.54) is 12.1 Å². The SMILES string of the molecule is N#Cc1ccc(CNCc2cccc([N+](=O)[O-])c2F)cc1. The molecule has 0 bridgehead atoms. The first-order valence-corrected chi connectivity index (χ1v) is 6.23. The number of hydrogen-bond acceptors (Lipinski definition) is 4. The summed E-state index contributed by atoms with van der Waals surface area (Å²) in [5.74, 6) is -0.810. The number of hydrogen-bond donors (Lipinski definition) is 1. The summed E-state index contributed by atoms with van der Waals surface area (Å²) in [5, 5.41) is 22.4. The van der Waals surface area contributed by atoms with Crippen LogP contribution in [-0.2, 0) is 13.1 Å². The summed E-state index contributed by atoms with van der Waals surface area (Å²) in [7, 11) is 0. The van der Waals surface area contributed by atoms with Gasteiger partial charge in [0.15, 0.2) is 0 Å². The van der Waals surface area contributed by atoms with Crippen LogP contribution >= 0.6 is 0 Å². The summed E-state index contributed by atoms with van der Waals surface area (Å²) in [6.07, 6.45) is 0. The van der Waals surface area contributed by atoms with Gasteiger partial charge in [0.1, 0.15) is 0 Å². The van der Waals surface area contributed by atoms with Crippen molar-refractivity contribution in [2.75, 3.05) is 0 Å². The molecule has 0 radical (unpaired) electrons. The highest BCUT2D eigenvalue weighted by molar-refractivity contribution is 5.36. The van der Waals surface area contributed by atoms with E-state index in [4.69, 9.17) is 5.26 Å². The van der Waals surface area contributed by atoms with Crippen LogP contribution in [0, 0.1) is 27.3 Å². The van der Waals surface area contributed by atoms with Gasteiger partial charge in [-0.2, -0.15) is 9.65 Å². The molecule has 0 amide bonds. The predicted octanol–water partition coefficient (Wildman–Crippen LogP) is 2.90. The summed E-state index contributed by atoms with van der Waals surface area (Å²) in [5.41, 5.74) is 1.24. The van der Waals surface area contributed by atoms with Crippen molar-refractivity contribution in [3.05, 3.63) is 75.1 Å². The lowest BCUT2D eigenvalue weighted by Gasteiger charge is -2.06. The molecule has 0 aromatic heterocycles. The number of nitrogens with one attached hydrogen (secondary N) is 1. The first kappa shape index (κ1) is 14.6. The van der Waals surface area contributed by atoms with Crippen LogP contribution in [0.3, 0.4) is 0 Å². The van der Waals surface area contributed by atoms with Crippen LogP contribution in [0.15, 0.2) is 42.5 Å². The highest BCUT2D eigenvalue weighted by Gasteiger charge is 2.16. The third-order valence-corrected chi connectivity index (χ3v) is 2.98. The minimum Gasteiger partial charge on any atom is -0.309 e. The van der Waals surface area contributed by atoms with Gasteiger partial charge in [-0.3, -0.25) is 10.1 Å². The van der Waals surface area contributed by atoms with Gasteiger partial charge in [0.2, 0.25) is 5.82 Å². The number of nitrogens with zero attached hydrogens (tertiary/aromatic N) is 2. The van der Waals surface area contributed by atoms with Gasteiger partial charge >= 0.3 is 5.69 Å². The van der Waals surface area contributed by atoms with Gasteiger partial charge in [-0.25, -0.2) is 0 Å². The summed E-state index contributed by atoms with van der Waals surface area (Å²) < 4.78 is 13.8. The lowest BCUT2D eigenvalue weighted by molar-refractivity contribution is -0.387. The number of nitro benzene ring substituents is 1. The van der Waals surface area contributed by atoms with E-state index in [0.29, 0.717) is 12.1 Å². The fourth-order valence-electron chi connectivity index (χ4n) is 1.88. The number of benzene rings is 2. The Bertz CT molecular complexity index is 693. The maximum atomic E-state index is 13.8. The first-order valence-electron chi connectivity index (χ1n) is 6.23. The summed E-state index contributed by atoms with van der Waals surface area (Å²) in [4.78, 5) is 9.91. The van der Waals surface area contributed by atoms with Crippen LogP contribution in [0.4, 0.5) is 10.1 Å². The number of rotatable bonds is 5. The Kier molecular flexibility index (Phi) is 4.59. The highest BCUT2D eigenvalue weighted by atomic mass is 19.1. The number of nitro groups is 1. The van der Waals surface area contributed by atoms with Crippen molar-refractivity contribution in [3.8, 4) is 6.07 Å². The average Bonchev–Trinajstić information content (AvgIpc) is 2.49. The molecule has 0 heterocycles. The van der Waals surface area contributed by atoms with E-state index < -0.39 is 16.4 Å². The summed E-state index contributed by atoms with van der Waals surface area (Å²) in [6.45, 7) is 0.668. The van der Waals surface area contributed by atoms with Crippen molar-refractivity contribution < 1.29 is 9.31 Å². The zero-order valence-electron chi connectivity index (χ0n) is 11.0. The molecule has 0 aliphatic rings. The van der Waals surface area contributed by atoms with E-state index >= 15 is 0 Å². The fraction of sp³-hybridized carbons (Fsp3) is 0.133. The molecule has 0 spiro atoms. The topological polar surface area (TPSA) is 79.0 Å². The smallest absolute Gasteiger partial charge is 0.305 e. The molecule has 0 aliphatic carbocycles. The molecule has 0 fully saturated rings. The molecule has 0 saturated carbocycles. The Morgan fingerprint density at radius 3 is 2.52 bits per heavy atom. The molecule has 0 aliphatic heterocycles. The Morgan fingerprint density at radius 1 is 1.19 bits per heavy atom. The Morgan fingerprint density at radius 2 is 1.90 bits per heavy atom. The number of halogens is 1. The molecule has 6 heteroatoms. The molecular formula is C15H12FN3O2. The minimum atomic E-state index is -0.810. The van der Waals surface area contributed by atoms with Crippen molar-refractivity contribution in [1.82, 2.24) is 5.32 Å². The van der Waals surface area contributed by atoms with Gasteiger partial charge in [0.25, 0.3) is 0 Å². The lowest BCUT2D eigenvalue weighted by atomic mass is 10.1. The van der Waals surface area contributed by atoms with E-state index in [9.17, 15) is 14.5 Å². The lowest BCUT2D eigenvalue weighted by Crippen LogP contribution is -2.14. The van der Waals surface area contributed by atoms with Crippen molar-refractivity contribution >= 4 is 5.69 Å². The van der Waals surface area contributed by atoms with E-state index in [2.05, 4.69) is 5.32 Å². The van der Waals surface area contributed by atoms with Gasteiger partial charge in [0, 0.05) is 24.7 Å². The van der Waals surface area contributed by atoms with Gasteiger partial charge < -0.3 is 5.32 Å². The Hall–Kier alpha value is -2.78. The van der Waals surface area contributed by atoms with E-state index in [1.54, 1.807) is 24.3 Å². The standard InChI is InChI=1S/C15H12FN3O2/c16-15-13(2-1-3-14(15)19(20)21)10-18-9-12-6-4-11(8-17)5-7-12/h1-7,18H,9-10H2. The van der Waals surface area contributed by atoms with Crippen LogP contribution in [0.5, 0.6) is 0 Å². The third-order valence-electron chi connectivity index (χ3n) is 2.98. The van der Waals surface area contributed by atoms with Crippen LogP contribution in [-0.4, -0.2) is 4.92 Å². The van der Waals surface area contributed by atoms with Crippen LogP contribution in [0.25, 0.3) is 0 Å². The van der Waals surface area contributed by atoms with Gasteiger partial charge in [0.05, 0.1) is 16.6 Å². The molecule has 2 aromatic carbocycles. The van der Waals surface area contributed by atoms with Crippen molar-refractivity contribution in [1.29, 1.82) is 5.26 Å². The Labute approximate surface area is 120 Å². The van der Waals surface area contributed by atoms with Gasteiger partial charge in [-0.15, -0.1) is 0 Å². The maximum absolute atomic E-state index is 13.8. The molecule has 5 nitrogen and oxygen atoms in total. The van der Waals surface area contributed by atoms with Crippen molar-refractivity contribution in [3.63, 3.8) is 0 Å². The quantitative estimate of drug-likeness (QED) is 0.676. The van der Waals surface area contributed by atoms with Crippen LogP contribution in [0.2, 0.25) is 0 Å². The largest absolute Gasteiger partial charge is 0.309 e. The molecule has 2 rings (SSSR count). The molecule has 2 aromatic rings. The molecular weight excluding hydrogens is 273 g/mol. The normalized spacial score (nSPS) is 10.1. The highest BCUT2D eigenvalue weighted by Crippen LogP contribution is 2.20. The minimum absolute atomic E-state index is 0.188. The predicted molar refractivity (Wildman–Crippen MR) is 74.8 cm³/mol. The first-order chi connectivity index (χ1) is 10.1. The maximum Gasteiger partial charge on any atom is 0.305 e. The van der Waals surface area contributed by atoms with Gasteiger partial charge in [-0.1, -0.05) is 24.3 Å². The average molecular weight is 285 g/mol. The van der Waals surface area contributed by atoms with Crippen molar-refractivity contribution in [2.45, 2.75) is 13.1 Å². The third kappa shape index (κ3) is 3.61. The second-order valence-electron chi connectivity index (χ2n) is 4.42. The fourth-order valence-corrected chi connectivity index (χ4v) is 1.88. The monoisotopic (exact) mass is 285 g/mol. The Balaban J connectivity index is 1.99. The molecule has 21 heavy (non-hydrogen) atoms. The van der Waals surface area contributed by atoms with E-state index in [-0.39, 0.29) is 12.1 Å². The van der Waals surface area contributed by atoms with Crippen molar-refractivity contribution in [2.24, 2.45) is 0 Å².